The SMILES string of the molecule is Nc1ccnc(C(=O)Oc2ccccc2O)n1. The van der Waals surface area contributed by atoms with Crippen molar-refractivity contribution in [3.63, 3.8) is 0 Å². The number of phenolic OH excluding ortho intramolecular Hbond substituents is 1. The molecule has 86 valence electrons. The molecule has 0 aliphatic carbocycles. The summed E-state index contributed by atoms with van der Waals surface area (Å²) in [6.07, 6.45) is 1.35. The minimum atomic E-state index is -0.779. The van der Waals surface area contributed by atoms with E-state index in [-0.39, 0.29) is 23.1 Å². The number of hydrogen-bond acceptors (Lipinski definition) is 6. The summed E-state index contributed by atoms with van der Waals surface area (Å²) in [7, 11) is 0. The highest BCUT2D eigenvalue weighted by Gasteiger charge is 2.13. The summed E-state index contributed by atoms with van der Waals surface area (Å²) in [4.78, 5) is 19.0. The van der Waals surface area contributed by atoms with E-state index in [1.54, 1.807) is 12.1 Å². The van der Waals surface area contributed by atoms with Gasteiger partial charge in [0.1, 0.15) is 5.82 Å². The quantitative estimate of drug-likeness (QED) is 0.590. The molecule has 0 aliphatic rings. The summed E-state index contributed by atoms with van der Waals surface area (Å²) in [6, 6.07) is 7.56. The number of nitrogens with zero attached hydrogens (tertiary/aromatic N) is 2. The van der Waals surface area contributed by atoms with E-state index in [4.69, 9.17) is 10.5 Å². The number of hydrogen-bond donors (Lipinski definition) is 2. The van der Waals surface area contributed by atoms with Gasteiger partial charge in [0.2, 0.25) is 5.82 Å². The van der Waals surface area contributed by atoms with Gasteiger partial charge in [-0.2, -0.15) is 0 Å². The van der Waals surface area contributed by atoms with E-state index in [1.807, 2.05) is 0 Å². The summed E-state index contributed by atoms with van der Waals surface area (Å²) >= 11 is 0. The van der Waals surface area contributed by atoms with Gasteiger partial charge in [0.25, 0.3) is 0 Å². The number of aromatic nitrogens is 2. The lowest BCUT2D eigenvalue weighted by atomic mass is 10.3. The van der Waals surface area contributed by atoms with Crippen molar-refractivity contribution in [3.8, 4) is 11.5 Å². The Morgan fingerprint density at radius 2 is 2.06 bits per heavy atom. The maximum absolute atomic E-state index is 11.6. The molecule has 1 aromatic heterocycles. The Hall–Kier alpha value is -2.63. The number of phenols is 1. The van der Waals surface area contributed by atoms with Gasteiger partial charge < -0.3 is 15.6 Å². The van der Waals surface area contributed by atoms with Crippen molar-refractivity contribution in [2.75, 3.05) is 5.73 Å². The van der Waals surface area contributed by atoms with Gasteiger partial charge in [-0.25, -0.2) is 14.8 Å². The maximum atomic E-state index is 11.6. The van der Waals surface area contributed by atoms with Gasteiger partial charge in [0, 0.05) is 6.20 Å². The predicted octanol–water partition coefficient (Wildman–Crippen LogP) is 0.984. The highest BCUT2D eigenvalue weighted by molar-refractivity contribution is 5.87. The Labute approximate surface area is 96.7 Å². The minimum Gasteiger partial charge on any atom is -0.504 e. The normalized spacial score (nSPS) is 9.88. The first-order chi connectivity index (χ1) is 8.16. The monoisotopic (exact) mass is 231 g/mol. The molecule has 0 unspecified atom stereocenters. The molecule has 3 N–H and O–H groups in total. The predicted molar refractivity (Wildman–Crippen MR) is 59.5 cm³/mol. The van der Waals surface area contributed by atoms with Crippen LogP contribution in [0.1, 0.15) is 10.6 Å². The molecule has 6 nitrogen and oxygen atoms in total. The van der Waals surface area contributed by atoms with Crippen LogP contribution in [-0.2, 0) is 0 Å². The van der Waals surface area contributed by atoms with E-state index >= 15 is 0 Å². The topological polar surface area (TPSA) is 98.3 Å². The van der Waals surface area contributed by atoms with Gasteiger partial charge >= 0.3 is 5.97 Å². The zero-order chi connectivity index (χ0) is 12.3. The molecule has 0 spiro atoms. The molecule has 17 heavy (non-hydrogen) atoms. The van der Waals surface area contributed by atoms with Crippen LogP contribution in [0.15, 0.2) is 36.5 Å². The first-order valence-corrected chi connectivity index (χ1v) is 4.75. The smallest absolute Gasteiger partial charge is 0.381 e. The zero-order valence-corrected chi connectivity index (χ0v) is 8.70. The van der Waals surface area contributed by atoms with Gasteiger partial charge in [0.15, 0.2) is 11.5 Å². The number of nitrogens with two attached hydrogens (primary N) is 1. The Bertz CT molecular complexity index is 557. The van der Waals surface area contributed by atoms with Crippen LogP contribution in [0.25, 0.3) is 0 Å². The van der Waals surface area contributed by atoms with Crippen LogP contribution < -0.4 is 10.5 Å². The van der Waals surface area contributed by atoms with Crippen molar-refractivity contribution in [3.05, 3.63) is 42.4 Å². The number of anilines is 1. The van der Waals surface area contributed by atoms with E-state index < -0.39 is 5.97 Å². The van der Waals surface area contributed by atoms with E-state index in [0.29, 0.717) is 0 Å². The molecule has 2 aromatic rings. The molecule has 0 saturated heterocycles. The number of carbonyl (C=O) groups is 1. The van der Waals surface area contributed by atoms with E-state index in [0.717, 1.165) is 0 Å². The van der Waals surface area contributed by atoms with Crippen LogP contribution in [0.3, 0.4) is 0 Å². The number of carbonyl (C=O) groups excluding carboxylic acids is 1. The summed E-state index contributed by atoms with van der Waals surface area (Å²) in [5.41, 5.74) is 5.41. The molecule has 0 atom stereocenters. The Kier molecular flexibility index (Phi) is 2.87. The molecular weight excluding hydrogens is 222 g/mol. The molecule has 0 amide bonds. The molecular formula is C11H9N3O3. The fraction of sp³-hybridized carbons (Fsp3) is 0. The van der Waals surface area contributed by atoms with Gasteiger partial charge in [-0.1, -0.05) is 12.1 Å². The van der Waals surface area contributed by atoms with Crippen molar-refractivity contribution in [1.29, 1.82) is 0 Å². The van der Waals surface area contributed by atoms with Crippen molar-refractivity contribution in [2.45, 2.75) is 0 Å². The van der Waals surface area contributed by atoms with Crippen LogP contribution in [-0.4, -0.2) is 21.0 Å². The minimum absolute atomic E-state index is 0.0449. The first-order valence-electron chi connectivity index (χ1n) is 4.75. The van der Waals surface area contributed by atoms with E-state index in [2.05, 4.69) is 9.97 Å². The van der Waals surface area contributed by atoms with Crippen LogP contribution in [0.4, 0.5) is 5.82 Å². The number of esters is 1. The summed E-state index contributed by atoms with van der Waals surface area (Å²) in [5.74, 6) is -0.857. The molecule has 0 aliphatic heterocycles. The third-order valence-corrected chi connectivity index (χ3v) is 1.93. The van der Waals surface area contributed by atoms with Crippen molar-refractivity contribution < 1.29 is 14.6 Å². The maximum Gasteiger partial charge on any atom is 0.381 e. The summed E-state index contributed by atoms with van der Waals surface area (Å²) < 4.78 is 4.92. The standard InChI is InChI=1S/C11H9N3O3/c12-9-5-6-13-10(14-9)11(16)17-8-4-2-1-3-7(8)15/h1-6,15H,(H2,12,13,14). The van der Waals surface area contributed by atoms with Crippen LogP contribution in [0.5, 0.6) is 11.5 Å². The third-order valence-electron chi connectivity index (χ3n) is 1.93. The molecule has 0 bridgehead atoms. The number of benzene rings is 1. The largest absolute Gasteiger partial charge is 0.504 e. The lowest BCUT2D eigenvalue weighted by Crippen LogP contribution is -2.13. The Morgan fingerprint density at radius 3 is 2.76 bits per heavy atom. The van der Waals surface area contributed by atoms with Crippen molar-refractivity contribution in [2.24, 2.45) is 0 Å². The Morgan fingerprint density at radius 1 is 1.29 bits per heavy atom. The van der Waals surface area contributed by atoms with Crippen LogP contribution in [0.2, 0.25) is 0 Å². The third kappa shape index (κ3) is 2.49. The zero-order valence-electron chi connectivity index (χ0n) is 8.70. The average molecular weight is 231 g/mol. The molecule has 0 fully saturated rings. The average Bonchev–Trinajstić information content (AvgIpc) is 2.32. The fourth-order valence-corrected chi connectivity index (χ4v) is 1.16. The molecule has 1 heterocycles. The highest BCUT2D eigenvalue weighted by Crippen LogP contribution is 2.24. The number of rotatable bonds is 2. The lowest BCUT2D eigenvalue weighted by molar-refractivity contribution is 0.0717. The second kappa shape index (κ2) is 4.48. The second-order valence-corrected chi connectivity index (χ2v) is 3.16. The highest BCUT2D eigenvalue weighted by atomic mass is 16.5. The lowest BCUT2D eigenvalue weighted by Gasteiger charge is -2.04. The number of aromatic hydroxyl groups is 1. The second-order valence-electron chi connectivity index (χ2n) is 3.16. The van der Waals surface area contributed by atoms with Crippen molar-refractivity contribution >= 4 is 11.8 Å². The first kappa shape index (κ1) is 10.9. The van der Waals surface area contributed by atoms with Crippen LogP contribution in [0, 0.1) is 0 Å². The van der Waals surface area contributed by atoms with Gasteiger partial charge in [-0.15, -0.1) is 0 Å². The summed E-state index contributed by atoms with van der Waals surface area (Å²) in [5, 5.41) is 9.42. The molecule has 1 aromatic carbocycles. The molecule has 0 radical (unpaired) electrons. The summed E-state index contributed by atoms with van der Waals surface area (Å²) in [6.45, 7) is 0. The van der Waals surface area contributed by atoms with Crippen molar-refractivity contribution in [1.82, 2.24) is 9.97 Å². The Balaban J connectivity index is 2.20. The van der Waals surface area contributed by atoms with Gasteiger partial charge in [-0.3, -0.25) is 0 Å². The molecule has 0 saturated carbocycles. The van der Waals surface area contributed by atoms with Gasteiger partial charge in [-0.05, 0) is 18.2 Å². The van der Waals surface area contributed by atoms with Crippen LogP contribution >= 0.6 is 0 Å². The number of nitrogen functional groups attached to an aromatic ring is 1. The van der Waals surface area contributed by atoms with E-state index in [9.17, 15) is 9.90 Å². The van der Waals surface area contributed by atoms with Gasteiger partial charge in [0.05, 0.1) is 0 Å². The van der Waals surface area contributed by atoms with E-state index in [1.165, 1.54) is 24.4 Å². The fourth-order valence-electron chi connectivity index (χ4n) is 1.16. The molecule has 2 rings (SSSR count). The molecule has 6 heteroatoms. The number of ether oxygens (including phenoxy) is 1. The number of para-hydroxylation sites is 2.